The molecule has 2 heterocycles. The summed E-state index contributed by atoms with van der Waals surface area (Å²) in [6.07, 6.45) is 0.840. The van der Waals surface area contributed by atoms with Gasteiger partial charge in [-0.05, 0) is 43.2 Å². The topological polar surface area (TPSA) is 55.2 Å². The summed E-state index contributed by atoms with van der Waals surface area (Å²) in [4.78, 5) is 7.13. The highest BCUT2D eigenvalue weighted by Crippen LogP contribution is 2.27. The average molecular weight is 376 g/mol. The van der Waals surface area contributed by atoms with Crippen molar-refractivity contribution >= 4 is 34.0 Å². The second-order valence-electron chi connectivity index (χ2n) is 5.50. The molecule has 25 heavy (non-hydrogen) atoms. The van der Waals surface area contributed by atoms with E-state index in [1.807, 2.05) is 18.2 Å². The molecule has 1 aromatic carbocycles. The van der Waals surface area contributed by atoms with E-state index in [-0.39, 0.29) is 0 Å². The Kier molecular flexibility index (Phi) is 5.99. The molecule has 1 aliphatic heterocycles. The second-order valence-corrected chi connectivity index (χ2v) is 7.75. The molecule has 2 aromatic rings. The van der Waals surface area contributed by atoms with E-state index in [4.69, 9.17) is 9.47 Å². The number of aliphatic imine (C=N–C) groups is 1. The van der Waals surface area contributed by atoms with Crippen LogP contribution in [0.5, 0.6) is 11.5 Å². The first-order valence-corrected chi connectivity index (χ1v) is 9.77. The van der Waals surface area contributed by atoms with E-state index in [1.54, 1.807) is 37.3 Å². The Morgan fingerprint density at radius 3 is 2.64 bits per heavy atom. The van der Waals surface area contributed by atoms with Crippen molar-refractivity contribution in [1.29, 1.82) is 0 Å². The molecule has 0 atom stereocenters. The van der Waals surface area contributed by atoms with Crippen molar-refractivity contribution in [3.8, 4) is 11.5 Å². The molecule has 0 amide bonds. The Balaban J connectivity index is 1.56. The Morgan fingerprint density at radius 1 is 1.16 bits per heavy atom. The number of nitrogens with zero attached hydrogens (tertiary/aromatic N) is 2. The van der Waals surface area contributed by atoms with Crippen molar-refractivity contribution in [3.63, 3.8) is 0 Å². The molecule has 0 fully saturated rings. The number of nitrogens with one attached hydrogen (secondary N) is 1. The lowest BCUT2D eigenvalue weighted by molar-refractivity contribution is 0.354. The van der Waals surface area contributed by atoms with Crippen LogP contribution in [0.1, 0.15) is 15.3 Å². The van der Waals surface area contributed by atoms with Crippen LogP contribution < -0.4 is 14.9 Å². The number of hydrogen-bond donors (Lipinski definition) is 1. The maximum absolute atomic E-state index is 5.33. The minimum Gasteiger partial charge on any atom is -0.493 e. The number of aryl methyl sites for hydroxylation is 1. The van der Waals surface area contributed by atoms with Crippen molar-refractivity contribution in [2.75, 3.05) is 26.5 Å². The lowest BCUT2D eigenvalue weighted by Gasteiger charge is -2.13. The highest BCUT2D eigenvalue weighted by atomic mass is 32.2. The van der Waals surface area contributed by atoms with Crippen LogP contribution in [0, 0.1) is 6.92 Å². The fourth-order valence-corrected chi connectivity index (χ4v) is 4.17. The van der Waals surface area contributed by atoms with Gasteiger partial charge >= 0.3 is 0 Å². The molecule has 132 valence electrons. The third-order valence-electron chi connectivity index (χ3n) is 3.76. The van der Waals surface area contributed by atoms with Gasteiger partial charge in [-0.2, -0.15) is 5.10 Å². The third-order valence-corrected chi connectivity index (χ3v) is 5.72. The van der Waals surface area contributed by atoms with Gasteiger partial charge < -0.3 is 9.47 Å². The van der Waals surface area contributed by atoms with Gasteiger partial charge in [0.05, 0.1) is 24.8 Å². The first kappa shape index (κ1) is 17.8. The van der Waals surface area contributed by atoms with Gasteiger partial charge in [-0.3, -0.25) is 10.4 Å². The lowest BCUT2D eigenvalue weighted by atomic mass is 10.1. The molecule has 1 N–H and O–H groups in total. The molecule has 1 aromatic heterocycles. The summed E-state index contributed by atoms with van der Waals surface area (Å²) in [5.74, 6) is 2.34. The van der Waals surface area contributed by atoms with E-state index in [2.05, 4.69) is 34.6 Å². The number of hydrazone groups is 1. The summed E-state index contributed by atoms with van der Waals surface area (Å²) in [6.45, 7) is 2.81. The predicted molar refractivity (Wildman–Crippen MR) is 107 cm³/mol. The van der Waals surface area contributed by atoms with Crippen molar-refractivity contribution in [2.24, 2.45) is 10.1 Å². The van der Waals surface area contributed by atoms with Crippen LogP contribution in [-0.4, -0.2) is 37.4 Å². The SMILES string of the molecule is COc1ccc(CCN=C2NN=C(c3ccc(C)s3)CS2)cc1OC. The van der Waals surface area contributed by atoms with E-state index in [0.717, 1.165) is 34.6 Å². The molecule has 0 unspecified atom stereocenters. The largest absolute Gasteiger partial charge is 0.493 e. The third kappa shape index (κ3) is 4.55. The molecular weight excluding hydrogens is 354 g/mol. The van der Waals surface area contributed by atoms with Gasteiger partial charge in [0.25, 0.3) is 0 Å². The summed E-state index contributed by atoms with van der Waals surface area (Å²) in [5, 5.41) is 5.33. The van der Waals surface area contributed by atoms with Crippen LogP contribution in [0.3, 0.4) is 0 Å². The average Bonchev–Trinajstić information content (AvgIpc) is 3.08. The number of amidine groups is 1. The Labute approximate surface area is 156 Å². The van der Waals surface area contributed by atoms with Gasteiger partial charge in [0.2, 0.25) is 0 Å². The first-order chi connectivity index (χ1) is 12.2. The summed E-state index contributed by atoms with van der Waals surface area (Å²) in [7, 11) is 3.29. The standard InChI is InChI=1S/C18H21N3O2S2/c1-12-4-7-17(25-12)14-11-24-18(21-20-14)19-9-8-13-5-6-15(22-2)16(10-13)23-3/h4-7,10H,8-9,11H2,1-3H3,(H,19,21). The monoisotopic (exact) mass is 375 g/mol. The van der Waals surface area contributed by atoms with Crippen LogP contribution in [0.25, 0.3) is 0 Å². The van der Waals surface area contributed by atoms with Crippen molar-refractivity contribution < 1.29 is 9.47 Å². The number of benzene rings is 1. The molecule has 0 saturated carbocycles. The second kappa shape index (κ2) is 8.40. The quantitative estimate of drug-likeness (QED) is 0.836. The zero-order chi connectivity index (χ0) is 17.6. The molecule has 0 aliphatic carbocycles. The van der Waals surface area contributed by atoms with E-state index in [0.29, 0.717) is 6.54 Å². The molecule has 0 spiro atoms. The fraction of sp³-hybridized carbons (Fsp3) is 0.333. The van der Waals surface area contributed by atoms with E-state index in [1.165, 1.54) is 15.3 Å². The molecule has 3 rings (SSSR count). The van der Waals surface area contributed by atoms with Crippen molar-refractivity contribution in [2.45, 2.75) is 13.3 Å². The Morgan fingerprint density at radius 2 is 2.00 bits per heavy atom. The van der Waals surface area contributed by atoms with Crippen LogP contribution in [0.15, 0.2) is 40.4 Å². The Bertz CT molecular complexity index is 799. The maximum atomic E-state index is 5.33. The molecule has 0 saturated heterocycles. The summed E-state index contributed by atoms with van der Waals surface area (Å²) in [5.41, 5.74) is 5.32. The van der Waals surface area contributed by atoms with Gasteiger partial charge in [-0.1, -0.05) is 17.8 Å². The molecule has 0 bridgehead atoms. The van der Waals surface area contributed by atoms with E-state index in [9.17, 15) is 0 Å². The van der Waals surface area contributed by atoms with Gasteiger partial charge in [-0.15, -0.1) is 11.3 Å². The highest BCUT2D eigenvalue weighted by molar-refractivity contribution is 8.14. The molecule has 5 nitrogen and oxygen atoms in total. The predicted octanol–water partition coefficient (Wildman–Crippen LogP) is 3.71. The number of thioether (sulfide) groups is 1. The number of rotatable bonds is 6. The van der Waals surface area contributed by atoms with Gasteiger partial charge in [0.15, 0.2) is 16.7 Å². The van der Waals surface area contributed by atoms with Crippen molar-refractivity contribution in [3.05, 3.63) is 45.6 Å². The summed E-state index contributed by atoms with van der Waals surface area (Å²) < 4.78 is 10.6. The summed E-state index contributed by atoms with van der Waals surface area (Å²) in [6, 6.07) is 10.2. The van der Waals surface area contributed by atoms with Crippen LogP contribution in [-0.2, 0) is 6.42 Å². The first-order valence-electron chi connectivity index (χ1n) is 7.97. The van der Waals surface area contributed by atoms with Crippen molar-refractivity contribution in [1.82, 2.24) is 5.43 Å². The smallest absolute Gasteiger partial charge is 0.177 e. The number of ether oxygens (including phenoxy) is 2. The molecule has 0 radical (unpaired) electrons. The fourth-order valence-electron chi connectivity index (χ4n) is 2.44. The zero-order valence-electron chi connectivity index (χ0n) is 14.5. The highest BCUT2D eigenvalue weighted by Gasteiger charge is 2.14. The molecule has 7 heteroatoms. The number of hydrogen-bond acceptors (Lipinski definition) is 6. The van der Waals surface area contributed by atoms with E-state index >= 15 is 0 Å². The zero-order valence-corrected chi connectivity index (χ0v) is 16.2. The number of methoxy groups -OCH3 is 2. The minimum atomic E-state index is 0.702. The van der Waals surface area contributed by atoms with Crippen LogP contribution >= 0.6 is 23.1 Å². The normalized spacial score (nSPS) is 15.6. The lowest BCUT2D eigenvalue weighted by Crippen LogP contribution is -2.25. The molecule has 1 aliphatic rings. The number of thiophene rings is 1. The molecular formula is C18H21N3O2S2. The van der Waals surface area contributed by atoms with Gasteiger partial charge in [0.1, 0.15) is 0 Å². The minimum absolute atomic E-state index is 0.702. The Hall–Kier alpha value is -1.99. The maximum Gasteiger partial charge on any atom is 0.177 e. The van der Waals surface area contributed by atoms with Crippen LogP contribution in [0.4, 0.5) is 0 Å². The van der Waals surface area contributed by atoms with Gasteiger partial charge in [-0.25, -0.2) is 0 Å². The van der Waals surface area contributed by atoms with E-state index < -0.39 is 0 Å². The van der Waals surface area contributed by atoms with Gasteiger partial charge in [0, 0.05) is 17.2 Å². The summed E-state index contributed by atoms with van der Waals surface area (Å²) >= 11 is 3.47. The van der Waals surface area contributed by atoms with Crippen LogP contribution in [0.2, 0.25) is 0 Å².